The van der Waals surface area contributed by atoms with Gasteiger partial charge in [-0.3, -0.25) is 4.79 Å². The number of aromatic nitrogens is 1. The molecule has 2 aliphatic carbocycles. The minimum atomic E-state index is -0.0452. The van der Waals surface area contributed by atoms with Crippen LogP contribution in [0.5, 0.6) is 0 Å². The zero-order valence-corrected chi connectivity index (χ0v) is 11.0. The van der Waals surface area contributed by atoms with Gasteiger partial charge in [-0.15, -0.1) is 0 Å². The second kappa shape index (κ2) is 4.59. The highest BCUT2D eigenvalue weighted by atomic mass is 35.5. The maximum atomic E-state index is 12.3. The van der Waals surface area contributed by atoms with E-state index < -0.39 is 0 Å². The number of carbonyl (C=O) groups is 1. The molecule has 0 aromatic carbocycles. The van der Waals surface area contributed by atoms with Crippen molar-refractivity contribution < 1.29 is 4.79 Å². The van der Waals surface area contributed by atoms with Gasteiger partial charge >= 0.3 is 0 Å². The van der Waals surface area contributed by atoms with E-state index in [4.69, 9.17) is 17.3 Å². The van der Waals surface area contributed by atoms with E-state index in [1.54, 1.807) is 6.07 Å². The molecule has 5 heteroatoms. The van der Waals surface area contributed by atoms with Gasteiger partial charge in [0.2, 0.25) is 0 Å². The molecule has 0 saturated heterocycles. The molecule has 1 amide bonds. The maximum Gasteiger partial charge on any atom is 0.268 e. The predicted molar refractivity (Wildman–Crippen MR) is 70.7 cm³/mol. The SMILES string of the molecule is NCC(NC(=O)c1cc(Cl)cn1C1CC1)C1CC1. The summed E-state index contributed by atoms with van der Waals surface area (Å²) in [6.45, 7) is 0.508. The van der Waals surface area contributed by atoms with E-state index in [1.165, 1.54) is 12.8 Å². The minimum Gasteiger partial charge on any atom is -0.346 e. The number of amides is 1. The molecule has 3 N–H and O–H groups in total. The number of halogens is 1. The third-order valence-electron chi connectivity index (χ3n) is 3.75. The Hall–Kier alpha value is -1.00. The van der Waals surface area contributed by atoms with E-state index in [2.05, 4.69) is 5.32 Å². The molecule has 0 radical (unpaired) electrons. The van der Waals surface area contributed by atoms with Crippen LogP contribution in [-0.2, 0) is 0 Å². The van der Waals surface area contributed by atoms with Crippen molar-refractivity contribution in [3.05, 3.63) is 23.0 Å². The number of nitrogens with zero attached hydrogens (tertiary/aromatic N) is 1. The Bertz CT molecular complexity index is 463. The van der Waals surface area contributed by atoms with Gasteiger partial charge in [-0.1, -0.05) is 11.6 Å². The van der Waals surface area contributed by atoms with Crippen LogP contribution in [0.4, 0.5) is 0 Å². The van der Waals surface area contributed by atoms with Crippen molar-refractivity contribution in [3.8, 4) is 0 Å². The summed E-state index contributed by atoms with van der Waals surface area (Å²) in [7, 11) is 0. The first-order valence-electron chi connectivity index (χ1n) is 6.57. The summed E-state index contributed by atoms with van der Waals surface area (Å²) in [6, 6.07) is 2.31. The maximum absolute atomic E-state index is 12.3. The molecule has 2 saturated carbocycles. The molecule has 3 rings (SSSR count). The molecule has 1 aromatic heterocycles. The van der Waals surface area contributed by atoms with Crippen molar-refractivity contribution in [2.75, 3.05) is 6.54 Å². The standard InChI is InChI=1S/C13H18ClN3O/c14-9-5-12(17(7-9)10-3-4-10)13(18)16-11(6-15)8-1-2-8/h5,7-8,10-11H,1-4,6,15H2,(H,16,18). The largest absolute Gasteiger partial charge is 0.346 e. The number of nitrogens with two attached hydrogens (primary N) is 1. The Balaban J connectivity index is 1.74. The van der Waals surface area contributed by atoms with Crippen molar-refractivity contribution in [2.24, 2.45) is 11.7 Å². The molecule has 18 heavy (non-hydrogen) atoms. The third kappa shape index (κ3) is 2.40. The van der Waals surface area contributed by atoms with Gasteiger partial charge in [0.05, 0.1) is 5.02 Å². The van der Waals surface area contributed by atoms with Crippen LogP contribution in [0.2, 0.25) is 5.02 Å². The Kier molecular flexibility index (Phi) is 3.08. The molecular weight excluding hydrogens is 250 g/mol. The molecule has 1 heterocycles. The summed E-state index contributed by atoms with van der Waals surface area (Å²) in [4.78, 5) is 12.3. The van der Waals surface area contributed by atoms with Crippen LogP contribution in [0.25, 0.3) is 0 Å². The molecule has 1 atom stereocenters. The Labute approximate surface area is 111 Å². The quantitative estimate of drug-likeness (QED) is 0.857. The summed E-state index contributed by atoms with van der Waals surface area (Å²) in [5, 5.41) is 3.67. The van der Waals surface area contributed by atoms with Gasteiger partial charge in [0, 0.05) is 24.8 Å². The zero-order chi connectivity index (χ0) is 12.7. The molecule has 2 aliphatic rings. The molecule has 2 fully saturated rings. The van der Waals surface area contributed by atoms with Crippen molar-refractivity contribution >= 4 is 17.5 Å². The first-order valence-corrected chi connectivity index (χ1v) is 6.95. The van der Waals surface area contributed by atoms with E-state index in [1.807, 2.05) is 10.8 Å². The normalized spacial score (nSPS) is 20.8. The zero-order valence-electron chi connectivity index (χ0n) is 10.2. The van der Waals surface area contributed by atoms with Crippen molar-refractivity contribution in [1.82, 2.24) is 9.88 Å². The van der Waals surface area contributed by atoms with Crippen LogP contribution in [0.1, 0.15) is 42.2 Å². The highest BCUT2D eigenvalue weighted by Crippen LogP contribution is 2.37. The van der Waals surface area contributed by atoms with Crippen LogP contribution < -0.4 is 11.1 Å². The van der Waals surface area contributed by atoms with Gasteiger partial charge < -0.3 is 15.6 Å². The summed E-state index contributed by atoms with van der Waals surface area (Å²) < 4.78 is 2.00. The first kappa shape index (κ1) is 12.1. The number of carbonyl (C=O) groups excluding carboxylic acids is 1. The predicted octanol–water partition coefficient (Wildman–Crippen LogP) is 1.94. The fourth-order valence-electron chi connectivity index (χ4n) is 2.39. The summed E-state index contributed by atoms with van der Waals surface area (Å²) in [5.41, 5.74) is 6.38. The average molecular weight is 268 g/mol. The molecule has 0 bridgehead atoms. The Morgan fingerprint density at radius 1 is 1.50 bits per heavy atom. The number of rotatable bonds is 5. The molecule has 98 valence electrons. The highest BCUT2D eigenvalue weighted by molar-refractivity contribution is 6.31. The topological polar surface area (TPSA) is 60.0 Å². The monoisotopic (exact) mass is 267 g/mol. The van der Waals surface area contributed by atoms with Crippen LogP contribution in [0, 0.1) is 5.92 Å². The van der Waals surface area contributed by atoms with E-state index in [-0.39, 0.29) is 11.9 Å². The summed E-state index contributed by atoms with van der Waals surface area (Å²) in [5.74, 6) is 0.523. The summed E-state index contributed by atoms with van der Waals surface area (Å²) in [6.07, 6.45) is 6.46. The molecular formula is C13H18ClN3O. The lowest BCUT2D eigenvalue weighted by Crippen LogP contribution is -2.42. The minimum absolute atomic E-state index is 0.0452. The van der Waals surface area contributed by atoms with Gasteiger partial charge in [-0.2, -0.15) is 0 Å². The lowest BCUT2D eigenvalue weighted by Gasteiger charge is -2.16. The van der Waals surface area contributed by atoms with Crippen molar-refractivity contribution in [1.29, 1.82) is 0 Å². The fourth-order valence-corrected chi connectivity index (χ4v) is 2.60. The number of hydrogen-bond donors (Lipinski definition) is 2. The van der Waals surface area contributed by atoms with Gasteiger partial charge in [0.1, 0.15) is 5.69 Å². The molecule has 0 spiro atoms. The van der Waals surface area contributed by atoms with Gasteiger partial charge in [-0.25, -0.2) is 0 Å². The van der Waals surface area contributed by atoms with Crippen LogP contribution in [0.15, 0.2) is 12.3 Å². The van der Waals surface area contributed by atoms with Crippen molar-refractivity contribution in [3.63, 3.8) is 0 Å². The average Bonchev–Trinajstić information content (AvgIpc) is 3.24. The smallest absolute Gasteiger partial charge is 0.268 e. The highest BCUT2D eigenvalue weighted by Gasteiger charge is 2.33. The third-order valence-corrected chi connectivity index (χ3v) is 3.96. The van der Waals surface area contributed by atoms with Crippen LogP contribution in [-0.4, -0.2) is 23.1 Å². The van der Waals surface area contributed by atoms with Crippen LogP contribution in [0.3, 0.4) is 0 Å². The van der Waals surface area contributed by atoms with E-state index in [9.17, 15) is 4.79 Å². The number of hydrogen-bond acceptors (Lipinski definition) is 2. The molecule has 1 aromatic rings. The lowest BCUT2D eigenvalue weighted by molar-refractivity contribution is 0.0924. The number of nitrogens with one attached hydrogen (secondary N) is 1. The van der Waals surface area contributed by atoms with E-state index in [0.717, 1.165) is 12.8 Å². The molecule has 1 unspecified atom stereocenters. The van der Waals surface area contributed by atoms with Gasteiger partial charge in [0.25, 0.3) is 5.91 Å². The van der Waals surface area contributed by atoms with Crippen LogP contribution >= 0.6 is 11.6 Å². The molecule has 0 aliphatic heterocycles. The second-order valence-electron chi connectivity index (χ2n) is 5.34. The lowest BCUT2D eigenvalue weighted by atomic mass is 10.2. The van der Waals surface area contributed by atoms with Gasteiger partial charge in [-0.05, 0) is 37.7 Å². The van der Waals surface area contributed by atoms with Crippen molar-refractivity contribution in [2.45, 2.75) is 37.8 Å². The Morgan fingerprint density at radius 2 is 2.22 bits per heavy atom. The Morgan fingerprint density at radius 3 is 2.78 bits per heavy atom. The second-order valence-corrected chi connectivity index (χ2v) is 5.77. The summed E-state index contributed by atoms with van der Waals surface area (Å²) >= 11 is 6.00. The van der Waals surface area contributed by atoms with E-state index in [0.29, 0.717) is 29.2 Å². The fraction of sp³-hybridized carbons (Fsp3) is 0.615. The first-order chi connectivity index (χ1) is 8.69. The van der Waals surface area contributed by atoms with Gasteiger partial charge in [0.15, 0.2) is 0 Å². The van der Waals surface area contributed by atoms with E-state index >= 15 is 0 Å². The molecule has 4 nitrogen and oxygen atoms in total.